The zero-order valence-corrected chi connectivity index (χ0v) is 12.1. The smallest absolute Gasteiger partial charge is 0.409 e. The molecule has 5 nitrogen and oxygen atoms in total. The first-order valence-electron chi connectivity index (χ1n) is 7.57. The Morgan fingerprint density at radius 1 is 1.25 bits per heavy atom. The van der Waals surface area contributed by atoms with E-state index in [4.69, 9.17) is 4.74 Å². The van der Waals surface area contributed by atoms with Gasteiger partial charge in [0.2, 0.25) is 5.91 Å². The molecule has 1 fully saturated rings. The van der Waals surface area contributed by atoms with Crippen LogP contribution in [0, 0.1) is 5.92 Å². The van der Waals surface area contributed by atoms with Gasteiger partial charge in [-0.05, 0) is 39.0 Å². The van der Waals surface area contributed by atoms with Crippen LogP contribution in [0.5, 0.6) is 0 Å². The lowest BCUT2D eigenvalue weighted by Gasteiger charge is -2.32. The Balaban J connectivity index is 1.72. The quantitative estimate of drug-likeness (QED) is 0.805. The van der Waals surface area contributed by atoms with Crippen LogP contribution in [0.15, 0.2) is 12.2 Å². The molecule has 1 unspecified atom stereocenters. The largest absolute Gasteiger partial charge is 0.450 e. The van der Waals surface area contributed by atoms with Gasteiger partial charge in [-0.1, -0.05) is 12.2 Å². The number of hydrogen-bond donors (Lipinski definition) is 1. The molecular formula is C15H24N2O3. The Hall–Kier alpha value is -1.52. The third-order valence-electron chi connectivity index (χ3n) is 4.01. The summed E-state index contributed by atoms with van der Waals surface area (Å²) >= 11 is 0. The molecule has 0 radical (unpaired) electrons. The Morgan fingerprint density at radius 2 is 2.00 bits per heavy atom. The minimum absolute atomic E-state index is 0.128. The van der Waals surface area contributed by atoms with Gasteiger partial charge in [0.1, 0.15) is 0 Å². The Bertz CT molecular complexity index is 373. The van der Waals surface area contributed by atoms with E-state index < -0.39 is 0 Å². The van der Waals surface area contributed by atoms with Crippen molar-refractivity contribution in [1.29, 1.82) is 0 Å². The van der Waals surface area contributed by atoms with Crippen molar-refractivity contribution in [2.75, 3.05) is 19.7 Å². The molecule has 0 aromatic carbocycles. The number of amides is 2. The van der Waals surface area contributed by atoms with Crippen molar-refractivity contribution in [2.24, 2.45) is 5.92 Å². The average Bonchev–Trinajstić information content (AvgIpc) is 2.49. The van der Waals surface area contributed by atoms with Gasteiger partial charge in [-0.3, -0.25) is 4.79 Å². The van der Waals surface area contributed by atoms with Crippen LogP contribution in [0.4, 0.5) is 4.79 Å². The summed E-state index contributed by atoms with van der Waals surface area (Å²) in [5.74, 6) is 0.298. The molecule has 112 valence electrons. The first-order chi connectivity index (χ1) is 9.70. The van der Waals surface area contributed by atoms with Crippen molar-refractivity contribution in [3.63, 3.8) is 0 Å². The molecule has 2 rings (SSSR count). The summed E-state index contributed by atoms with van der Waals surface area (Å²) in [5, 5.41) is 3.13. The summed E-state index contributed by atoms with van der Waals surface area (Å²) in [6.45, 7) is 3.54. The van der Waals surface area contributed by atoms with E-state index in [1.165, 1.54) is 0 Å². The standard InChI is InChI=1S/C15H24N2O3/c1-2-20-15(19)17-10-8-13(9-11-17)16-14(18)12-6-4-3-5-7-12/h3-4,12-13H,2,5-11H2,1H3,(H,16,18). The number of nitrogens with one attached hydrogen (secondary N) is 1. The molecule has 0 aromatic heterocycles. The van der Waals surface area contributed by atoms with Crippen LogP contribution < -0.4 is 5.32 Å². The molecule has 1 atom stereocenters. The van der Waals surface area contributed by atoms with Crippen LogP contribution >= 0.6 is 0 Å². The van der Waals surface area contributed by atoms with Crippen LogP contribution in [0.2, 0.25) is 0 Å². The van der Waals surface area contributed by atoms with Crippen molar-refractivity contribution in [3.8, 4) is 0 Å². The molecule has 1 aliphatic carbocycles. The normalized spacial score (nSPS) is 23.4. The SMILES string of the molecule is CCOC(=O)N1CCC(NC(=O)C2CC=CCC2)CC1. The fourth-order valence-electron chi connectivity index (χ4n) is 2.77. The third-order valence-corrected chi connectivity index (χ3v) is 4.01. The van der Waals surface area contributed by atoms with Gasteiger partial charge in [0.25, 0.3) is 0 Å². The number of nitrogens with zero attached hydrogens (tertiary/aromatic N) is 1. The zero-order valence-electron chi connectivity index (χ0n) is 12.1. The Labute approximate surface area is 120 Å². The van der Waals surface area contributed by atoms with Crippen molar-refractivity contribution in [3.05, 3.63) is 12.2 Å². The average molecular weight is 280 g/mol. The summed E-state index contributed by atoms with van der Waals surface area (Å²) in [6.07, 6.45) is 8.42. The second kappa shape index (κ2) is 7.31. The monoisotopic (exact) mass is 280 g/mol. The highest BCUT2D eigenvalue weighted by Crippen LogP contribution is 2.19. The molecule has 0 aromatic rings. The highest BCUT2D eigenvalue weighted by molar-refractivity contribution is 5.79. The van der Waals surface area contributed by atoms with E-state index in [9.17, 15) is 9.59 Å². The number of hydrogen-bond acceptors (Lipinski definition) is 3. The maximum absolute atomic E-state index is 12.1. The molecular weight excluding hydrogens is 256 g/mol. The van der Waals surface area contributed by atoms with E-state index in [-0.39, 0.29) is 24.0 Å². The third kappa shape index (κ3) is 3.99. The van der Waals surface area contributed by atoms with Gasteiger partial charge in [-0.15, -0.1) is 0 Å². The van der Waals surface area contributed by atoms with Crippen LogP contribution in [0.25, 0.3) is 0 Å². The van der Waals surface area contributed by atoms with Crippen molar-refractivity contribution in [1.82, 2.24) is 10.2 Å². The van der Waals surface area contributed by atoms with Crippen LogP contribution in [-0.4, -0.2) is 42.6 Å². The Morgan fingerprint density at radius 3 is 2.60 bits per heavy atom. The van der Waals surface area contributed by atoms with E-state index in [1.807, 2.05) is 6.92 Å². The first kappa shape index (κ1) is 14.9. The Kier molecular flexibility index (Phi) is 5.44. The number of rotatable bonds is 3. The topological polar surface area (TPSA) is 58.6 Å². The molecule has 0 spiro atoms. The highest BCUT2D eigenvalue weighted by Gasteiger charge is 2.26. The van der Waals surface area contributed by atoms with Crippen LogP contribution in [0.1, 0.15) is 39.0 Å². The van der Waals surface area contributed by atoms with Gasteiger partial charge >= 0.3 is 6.09 Å². The van der Waals surface area contributed by atoms with Gasteiger partial charge in [-0.2, -0.15) is 0 Å². The van der Waals surface area contributed by atoms with Gasteiger partial charge in [0, 0.05) is 25.0 Å². The van der Waals surface area contributed by atoms with E-state index in [1.54, 1.807) is 4.90 Å². The fourth-order valence-corrected chi connectivity index (χ4v) is 2.77. The second-order valence-electron chi connectivity index (χ2n) is 5.45. The highest BCUT2D eigenvalue weighted by atomic mass is 16.6. The summed E-state index contributed by atoms with van der Waals surface area (Å²) < 4.78 is 4.98. The summed E-state index contributed by atoms with van der Waals surface area (Å²) in [6, 6.07) is 0.194. The summed E-state index contributed by atoms with van der Waals surface area (Å²) in [5.41, 5.74) is 0. The molecule has 2 aliphatic rings. The lowest BCUT2D eigenvalue weighted by molar-refractivity contribution is -0.126. The van der Waals surface area contributed by atoms with E-state index in [0.717, 1.165) is 32.1 Å². The molecule has 1 aliphatic heterocycles. The molecule has 1 saturated heterocycles. The molecule has 0 saturated carbocycles. The molecule has 5 heteroatoms. The number of carbonyl (C=O) groups excluding carboxylic acids is 2. The summed E-state index contributed by atoms with van der Waals surface area (Å²) in [7, 11) is 0. The van der Waals surface area contributed by atoms with E-state index >= 15 is 0 Å². The molecule has 1 N–H and O–H groups in total. The molecule has 1 heterocycles. The van der Waals surface area contributed by atoms with Gasteiger partial charge in [0.15, 0.2) is 0 Å². The lowest BCUT2D eigenvalue weighted by atomic mass is 9.93. The number of piperidine rings is 1. The predicted octanol–water partition coefficient (Wildman–Crippen LogP) is 2.08. The molecule has 2 amide bonds. The van der Waals surface area contributed by atoms with Crippen molar-refractivity contribution >= 4 is 12.0 Å². The maximum Gasteiger partial charge on any atom is 0.409 e. The van der Waals surface area contributed by atoms with Gasteiger partial charge in [-0.25, -0.2) is 4.79 Å². The summed E-state index contributed by atoms with van der Waals surface area (Å²) in [4.78, 5) is 25.4. The second-order valence-corrected chi connectivity index (χ2v) is 5.45. The number of likely N-dealkylation sites (tertiary alicyclic amines) is 1. The molecule has 20 heavy (non-hydrogen) atoms. The minimum atomic E-state index is -0.241. The van der Waals surface area contributed by atoms with Crippen LogP contribution in [-0.2, 0) is 9.53 Å². The van der Waals surface area contributed by atoms with Gasteiger partial charge in [0.05, 0.1) is 6.61 Å². The fraction of sp³-hybridized carbons (Fsp3) is 0.733. The van der Waals surface area contributed by atoms with Crippen molar-refractivity contribution in [2.45, 2.75) is 45.1 Å². The zero-order chi connectivity index (χ0) is 14.4. The number of carbonyl (C=O) groups is 2. The van der Waals surface area contributed by atoms with Crippen molar-refractivity contribution < 1.29 is 14.3 Å². The minimum Gasteiger partial charge on any atom is -0.450 e. The van der Waals surface area contributed by atoms with Gasteiger partial charge < -0.3 is 15.0 Å². The molecule has 0 bridgehead atoms. The predicted molar refractivity (Wildman–Crippen MR) is 76.2 cm³/mol. The first-order valence-corrected chi connectivity index (χ1v) is 7.57. The van der Waals surface area contributed by atoms with E-state index in [2.05, 4.69) is 17.5 Å². The van der Waals surface area contributed by atoms with E-state index in [0.29, 0.717) is 19.7 Å². The van der Waals surface area contributed by atoms with Crippen LogP contribution in [0.3, 0.4) is 0 Å². The maximum atomic E-state index is 12.1. The number of ether oxygens (including phenoxy) is 1. The lowest BCUT2D eigenvalue weighted by Crippen LogP contribution is -2.48. The number of allylic oxidation sites excluding steroid dienone is 2.